The Morgan fingerprint density at radius 1 is 0.909 bits per heavy atom. The maximum Gasteiger partial charge on any atom is 0.508 e. The predicted octanol–water partition coefficient (Wildman–Crippen LogP) is 0.183. The Labute approximate surface area is 59.8 Å². The van der Waals surface area contributed by atoms with Gasteiger partial charge in [0.05, 0.1) is 0 Å². The largest absolute Gasteiger partial charge is 0.508 e. The molecular weight excluding hydrogens is 206 g/mol. The van der Waals surface area contributed by atoms with E-state index in [4.69, 9.17) is 20.3 Å². The summed E-state index contributed by atoms with van der Waals surface area (Å²) in [6.07, 6.45) is 0. The highest BCUT2D eigenvalue weighted by Gasteiger charge is 2.35. The molecule has 2 unspecified atom stereocenters. The summed E-state index contributed by atoms with van der Waals surface area (Å²) in [5.41, 5.74) is 0. The molecule has 11 heteroatoms. The summed E-state index contributed by atoms with van der Waals surface area (Å²) in [4.78, 5) is 16.3. The molecule has 0 rings (SSSR count). The van der Waals surface area contributed by atoms with Gasteiger partial charge in [-0.15, -0.1) is 9.35 Å². The van der Waals surface area contributed by atoms with Gasteiger partial charge in [0.2, 0.25) is 0 Å². The molecular formula is H4O9P2. The summed E-state index contributed by atoms with van der Waals surface area (Å²) in [6.45, 7) is 0. The van der Waals surface area contributed by atoms with Crippen LogP contribution in [-0.4, -0.2) is 20.3 Å². The van der Waals surface area contributed by atoms with E-state index in [-0.39, 0.29) is 0 Å². The third-order valence-electron chi connectivity index (χ3n) is 0.413. The summed E-state index contributed by atoms with van der Waals surface area (Å²) in [5.74, 6) is 0. The molecule has 4 N–H and O–H groups in total. The zero-order valence-corrected chi connectivity index (χ0v) is 6.51. The van der Waals surface area contributed by atoms with Crippen molar-refractivity contribution >= 4 is 15.6 Å². The summed E-state index contributed by atoms with van der Waals surface area (Å²) < 4.78 is 28.9. The molecule has 0 saturated heterocycles. The second-order valence-electron chi connectivity index (χ2n) is 1.18. The van der Waals surface area contributed by atoms with Gasteiger partial charge in [0, 0.05) is 0 Å². The highest BCUT2D eigenvalue weighted by molar-refractivity contribution is 7.61. The van der Waals surface area contributed by atoms with Crippen LogP contribution < -0.4 is 0 Å². The first-order valence-electron chi connectivity index (χ1n) is 1.86. The normalized spacial score (nSPS) is 22.2. The molecule has 11 heavy (non-hydrogen) atoms. The van der Waals surface area contributed by atoms with E-state index in [1.54, 1.807) is 0 Å². The van der Waals surface area contributed by atoms with Gasteiger partial charge >= 0.3 is 15.6 Å². The lowest BCUT2D eigenvalue weighted by molar-refractivity contribution is -0.173. The number of rotatable bonds is 4. The van der Waals surface area contributed by atoms with E-state index >= 15 is 0 Å². The quantitative estimate of drug-likeness (QED) is 0.290. The van der Waals surface area contributed by atoms with Crippen molar-refractivity contribution in [2.75, 3.05) is 0 Å². The summed E-state index contributed by atoms with van der Waals surface area (Å²) >= 11 is 0. The van der Waals surface area contributed by atoms with Crippen LogP contribution in [0.2, 0.25) is 0 Å². The van der Waals surface area contributed by atoms with Crippen LogP contribution in [0.25, 0.3) is 0 Å². The van der Waals surface area contributed by atoms with E-state index in [2.05, 4.69) is 13.7 Å². The molecule has 0 aliphatic heterocycles. The maximum atomic E-state index is 10.1. The lowest BCUT2D eigenvalue weighted by atomic mass is 15.0. The topological polar surface area (TPSA) is 143 Å². The van der Waals surface area contributed by atoms with Gasteiger partial charge in [-0.2, -0.15) is 4.31 Å². The number of hydrogen-bond donors (Lipinski definition) is 4. The van der Waals surface area contributed by atoms with Crippen LogP contribution in [0.1, 0.15) is 0 Å². The van der Waals surface area contributed by atoms with Crippen LogP contribution in [0.15, 0.2) is 0 Å². The van der Waals surface area contributed by atoms with Crippen molar-refractivity contribution in [1.29, 1.82) is 0 Å². The Hall–Kier alpha value is 0.180. The molecule has 68 valence electrons. The minimum absolute atomic E-state index is 2.74. The molecule has 0 spiro atoms. The molecule has 0 aliphatic rings. The van der Waals surface area contributed by atoms with Gasteiger partial charge in [0.25, 0.3) is 0 Å². The van der Waals surface area contributed by atoms with Crippen molar-refractivity contribution in [3.05, 3.63) is 0 Å². The minimum Gasteiger partial charge on any atom is -0.301 e. The molecule has 0 fully saturated rings. The Bertz CT molecular complexity index is 182. The number of phosphoric acid groups is 2. The van der Waals surface area contributed by atoms with Crippen LogP contribution in [-0.2, 0) is 22.8 Å². The molecule has 2 atom stereocenters. The second kappa shape index (κ2) is 3.72. The van der Waals surface area contributed by atoms with E-state index < -0.39 is 15.6 Å². The fourth-order valence-corrected chi connectivity index (χ4v) is 1.44. The molecule has 0 radical (unpaired) electrons. The van der Waals surface area contributed by atoms with Gasteiger partial charge in [-0.05, 0) is 0 Å². The monoisotopic (exact) mass is 210 g/mol. The lowest BCUT2D eigenvalue weighted by Crippen LogP contribution is -1.92. The number of hydrogen-bond acceptors (Lipinski definition) is 7. The zero-order valence-electron chi connectivity index (χ0n) is 4.72. The molecule has 0 aromatic carbocycles. The minimum atomic E-state index is -5.05. The average Bonchev–Trinajstić information content (AvgIpc) is 1.86. The average molecular weight is 210 g/mol. The van der Waals surface area contributed by atoms with Crippen molar-refractivity contribution in [2.45, 2.75) is 0 Å². The van der Waals surface area contributed by atoms with Crippen molar-refractivity contribution in [2.24, 2.45) is 0 Å². The third-order valence-corrected chi connectivity index (χ3v) is 2.48. The van der Waals surface area contributed by atoms with E-state index in [1.807, 2.05) is 0 Å². The lowest BCUT2D eigenvalue weighted by Gasteiger charge is -2.08. The highest BCUT2D eigenvalue weighted by atomic mass is 31.3. The van der Waals surface area contributed by atoms with Gasteiger partial charge in [-0.3, -0.25) is 0 Å². The van der Waals surface area contributed by atoms with Crippen molar-refractivity contribution in [1.82, 2.24) is 0 Å². The van der Waals surface area contributed by atoms with E-state index in [0.29, 0.717) is 0 Å². The van der Waals surface area contributed by atoms with Gasteiger partial charge in [0.1, 0.15) is 0 Å². The van der Waals surface area contributed by atoms with Crippen molar-refractivity contribution in [3.8, 4) is 0 Å². The molecule has 0 saturated carbocycles. The molecule has 0 aromatic rings. The van der Waals surface area contributed by atoms with Crippen molar-refractivity contribution < 1.29 is 43.1 Å². The van der Waals surface area contributed by atoms with Gasteiger partial charge in [0.15, 0.2) is 0 Å². The van der Waals surface area contributed by atoms with Gasteiger partial charge in [-0.1, -0.05) is 0 Å². The van der Waals surface area contributed by atoms with E-state index in [0.717, 1.165) is 0 Å². The van der Waals surface area contributed by atoms with E-state index in [9.17, 15) is 9.13 Å². The van der Waals surface area contributed by atoms with Crippen LogP contribution in [0, 0.1) is 0 Å². The van der Waals surface area contributed by atoms with Crippen LogP contribution in [0.5, 0.6) is 0 Å². The molecule has 0 bridgehead atoms. The molecule has 0 amide bonds. The second-order valence-corrected chi connectivity index (χ2v) is 4.04. The van der Waals surface area contributed by atoms with Gasteiger partial charge < -0.3 is 9.79 Å². The molecule has 0 heterocycles. The Kier molecular flexibility index (Phi) is 3.78. The Balaban J connectivity index is 4.26. The smallest absolute Gasteiger partial charge is 0.301 e. The van der Waals surface area contributed by atoms with Crippen LogP contribution in [0.4, 0.5) is 0 Å². The SMILES string of the molecule is O=P(O)(OO)OP(=O)(O)OO. The fourth-order valence-electron chi connectivity index (χ4n) is 0.160. The third kappa shape index (κ3) is 4.59. The summed E-state index contributed by atoms with van der Waals surface area (Å²) in [5, 5.41) is 15.1. The molecule has 9 nitrogen and oxygen atoms in total. The zero-order chi connectivity index (χ0) is 9.12. The maximum absolute atomic E-state index is 10.1. The molecule has 0 aliphatic carbocycles. The van der Waals surface area contributed by atoms with Gasteiger partial charge in [-0.25, -0.2) is 19.6 Å². The summed E-state index contributed by atoms with van der Waals surface area (Å²) in [6, 6.07) is 0. The van der Waals surface area contributed by atoms with Crippen LogP contribution >= 0.6 is 15.6 Å². The standard InChI is InChI=1S/H4O9P2/c1-7-10(3,4)9-11(5,6)8-2/h1-2H,(H,3,4)(H,5,6). The Morgan fingerprint density at radius 3 is 1.36 bits per heavy atom. The highest BCUT2D eigenvalue weighted by Crippen LogP contribution is 2.59. The molecule has 0 aromatic heterocycles. The first kappa shape index (κ1) is 11.2. The summed E-state index contributed by atoms with van der Waals surface area (Å²) in [7, 11) is -10.1. The van der Waals surface area contributed by atoms with Crippen LogP contribution in [0.3, 0.4) is 0 Å². The first-order valence-corrected chi connectivity index (χ1v) is 4.85. The van der Waals surface area contributed by atoms with Crippen molar-refractivity contribution in [3.63, 3.8) is 0 Å². The Morgan fingerprint density at radius 2 is 1.18 bits per heavy atom. The van der Waals surface area contributed by atoms with E-state index in [1.165, 1.54) is 0 Å². The fraction of sp³-hybridized carbons (Fsp3) is 0. The first-order chi connectivity index (χ1) is 4.83. The predicted molar refractivity (Wildman–Crippen MR) is 28.2 cm³/mol.